The molecule has 0 aliphatic carbocycles. The molecule has 2 N–H and O–H groups in total. The van der Waals surface area contributed by atoms with Gasteiger partial charge in [0.1, 0.15) is 16.5 Å². The third-order valence-electron chi connectivity index (χ3n) is 4.39. The van der Waals surface area contributed by atoms with Gasteiger partial charge in [-0.05, 0) is 43.2 Å². The molecule has 7 heteroatoms. The van der Waals surface area contributed by atoms with Gasteiger partial charge in [0.2, 0.25) is 5.88 Å². The number of hydrogen-bond acceptors (Lipinski definition) is 5. The summed E-state index contributed by atoms with van der Waals surface area (Å²) in [6.45, 7) is 3.97. The molecule has 1 aliphatic rings. The third-order valence-corrected chi connectivity index (χ3v) is 6.26. The van der Waals surface area contributed by atoms with Crippen molar-refractivity contribution in [1.29, 1.82) is 5.26 Å². The highest BCUT2D eigenvalue weighted by Gasteiger charge is 2.35. The minimum absolute atomic E-state index is 0.107. The van der Waals surface area contributed by atoms with Crippen LogP contribution in [0, 0.1) is 25.2 Å². The lowest BCUT2D eigenvalue weighted by Crippen LogP contribution is -2.19. The van der Waals surface area contributed by atoms with E-state index in [9.17, 15) is 5.26 Å². The predicted molar refractivity (Wildman–Crippen MR) is 105 cm³/mol. The van der Waals surface area contributed by atoms with E-state index in [0.29, 0.717) is 21.4 Å². The van der Waals surface area contributed by atoms with E-state index in [-0.39, 0.29) is 11.8 Å². The van der Waals surface area contributed by atoms with Crippen LogP contribution in [0.4, 0.5) is 0 Å². The Bertz CT molecular complexity index is 1140. The zero-order valence-corrected chi connectivity index (χ0v) is 16.3. The fourth-order valence-corrected chi connectivity index (χ4v) is 4.95. The largest absolute Gasteiger partial charge is 0.439 e. The van der Waals surface area contributed by atoms with Gasteiger partial charge in [-0.1, -0.05) is 29.3 Å². The minimum Gasteiger partial charge on any atom is -0.439 e. The molecule has 4 rings (SSSR count). The fraction of sp³-hybridized carbons (Fsp3) is 0.158. The van der Waals surface area contributed by atoms with Crippen molar-refractivity contribution in [1.82, 2.24) is 4.98 Å². The number of benzene rings is 1. The first kappa shape index (κ1) is 17.2. The monoisotopic (exact) mass is 401 g/mol. The lowest BCUT2D eigenvalue weighted by molar-refractivity contribution is 0.401. The molecule has 4 nitrogen and oxygen atoms in total. The van der Waals surface area contributed by atoms with Crippen LogP contribution in [0.1, 0.15) is 27.6 Å². The van der Waals surface area contributed by atoms with Gasteiger partial charge in [-0.25, -0.2) is 4.98 Å². The van der Waals surface area contributed by atoms with Crippen LogP contribution in [-0.4, -0.2) is 4.98 Å². The highest BCUT2D eigenvalue weighted by Crippen LogP contribution is 2.51. The highest BCUT2D eigenvalue weighted by molar-refractivity contribution is 7.19. The van der Waals surface area contributed by atoms with Gasteiger partial charge < -0.3 is 10.5 Å². The van der Waals surface area contributed by atoms with Crippen LogP contribution >= 0.6 is 34.5 Å². The molecule has 130 valence electrons. The minimum atomic E-state index is -0.363. The van der Waals surface area contributed by atoms with Gasteiger partial charge in [0.15, 0.2) is 5.75 Å². The Labute approximate surface area is 164 Å². The van der Waals surface area contributed by atoms with E-state index in [1.54, 1.807) is 12.1 Å². The summed E-state index contributed by atoms with van der Waals surface area (Å²) >= 11 is 13.8. The summed E-state index contributed by atoms with van der Waals surface area (Å²) in [7, 11) is 0. The smallest absolute Gasteiger partial charge is 0.205 e. The molecule has 0 fully saturated rings. The fourth-order valence-electron chi connectivity index (χ4n) is 3.29. The Morgan fingerprint density at radius 1 is 1.23 bits per heavy atom. The summed E-state index contributed by atoms with van der Waals surface area (Å²) in [5, 5.41) is 11.5. The molecule has 1 aliphatic heterocycles. The van der Waals surface area contributed by atoms with Crippen molar-refractivity contribution in [2.75, 3.05) is 0 Å². The van der Waals surface area contributed by atoms with E-state index in [0.717, 1.165) is 31.9 Å². The van der Waals surface area contributed by atoms with Gasteiger partial charge in [0.05, 0.1) is 26.2 Å². The van der Waals surface area contributed by atoms with E-state index < -0.39 is 0 Å². The molecule has 0 bridgehead atoms. The number of fused-ring (bicyclic) bond motifs is 3. The van der Waals surface area contributed by atoms with Crippen molar-refractivity contribution in [2.24, 2.45) is 5.73 Å². The molecule has 1 atom stereocenters. The summed E-state index contributed by atoms with van der Waals surface area (Å²) in [4.78, 5) is 6.39. The highest BCUT2D eigenvalue weighted by atomic mass is 35.5. The predicted octanol–water partition coefficient (Wildman–Crippen LogP) is 5.44. The molecule has 3 heterocycles. The van der Waals surface area contributed by atoms with Gasteiger partial charge in [0, 0.05) is 5.69 Å². The number of aromatic nitrogens is 1. The molecule has 0 saturated carbocycles. The van der Waals surface area contributed by atoms with E-state index in [2.05, 4.69) is 11.1 Å². The number of ether oxygens (including phenoxy) is 1. The first-order valence-corrected chi connectivity index (χ1v) is 9.41. The number of aryl methyl sites for hydroxylation is 2. The lowest BCUT2D eigenvalue weighted by Gasteiger charge is -2.24. The Balaban J connectivity index is 2.03. The number of hydrogen-bond donors (Lipinski definition) is 1. The van der Waals surface area contributed by atoms with Crippen LogP contribution in [0.25, 0.3) is 10.2 Å². The SMILES string of the molecule is Cc1cc(C)c2c3c(sc2n1)[C@@H](c1ccc(Cl)c(Cl)c1)C(C#N)=C(N)O3. The first-order valence-electron chi connectivity index (χ1n) is 7.84. The third kappa shape index (κ3) is 2.53. The molecular formula is C19H13Cl2N3OS. The maximum Gasteiger partial charge on any atom is 0.205 e. The van der Waals surface area contributed by atoms with Gasteiger partial charge in [0.25, 0.3) is 0 Å². The molecule has 26 heavy (non-hydrogen) atoms. The number of nitrogens with two attached hydrogens (primary N) is 1. The maximum atomic E-state index is 9.68. The molecule has 0 radical (unpaired) electrons. The van der Waals surface area contributed by atoms with Crippen LogP contribution in [0.15, 0.2) is 35.7 Å². The summed E-state index contributed by atoms with van der Waals surface area (Å²) in [6.07, 6.45) is 0. The van der Waals surface area contributed by atoms with E-state index in [1.807, 2.05) is 26.0 Å². The van der Waals surface area contributed by atoms with Gasteiger partial charge in [-0.15, -0.1) is 11.3 Å². The van der Waals surface area contributed by atoms with Crippen molar-refractivity contribution in [2.45, 2.75) is 19.8 Å². The van der Waals surface area contributed by atoms with E-state index >= 15 is 0 Å². The molecule has 3 aromatic rings. The van der Waals surface area contributed by atoms with Crippen molar-refractivity contribution in [3.8, 4) is 11.8 Å². The van der Waals surface area contributed by atoms with Crippen LogP contribution in [-0.2, 0) is 0 Å². The number of pyridine rings is 1. The summed E-state index contributed by atoms with van der Waals surface area (Å²) in [6, 6.07) is 9.54. The molecule has 0 amide bonds. The number of nitriles is 1. The van der Waals surface area contributed by atoms with Crippen molar-refractivity contribution in [3.05, 3.63) is 67.5 Å². The van der Waals surface area contributed by atoms with Crippen molar-refractivity contribution in [3.63, 3.8) is 0 Å². The first-order chi connectivity index (χ1) is 12.4. The zero-order chi connectivity index (χ0) is 18.6. The molecule has 0 spiro atoms. The van der Waals surface area contributed by atoms with E-state index in [4.69, 9.17) is 33.7 Å². The maximum absolute atomic E-state index is 9.68. The normalized spacial score (nSPS) is 16.3. The number of thiophene rings is 1. The van der Waals surface area contributed by atoms with Crippen LogP contribution in [0.3, 0.4) is 0 Å². The second kappa shape index (κ2) is 6.17. The number of halogens is 2. The Kier molecular flexibility index (Phi) is 4.07. The summed E-state index contributed by atoms with van der Waals surface area (Å²) < 4.78 is 5.86. The molecular weight excluding hydrogens is 389 g/mol. The lowest BCUT2D eigenvalue weighted by atomic mass is 9.88. The number of allylic oxidation sites excluding steroid dienone is 1. The quantitative estimate of drug-likeness (QED) is 0.589. The topological polar surface area (TPSA) is 71.9 Å². The Morgan fingerprint density at radius 3 is 2.69 bits per heavy atom. The molecule has 1 aromatic carbocycles. The molecule has 0 unspecified atom stereocenters. The Hall–Kier alpha value is -2.26. The molecule has 2 aromatic heterocycles. The van der Waals surface area contributed by atoms with Crippen LogP contribution in [0.2, 0.25) is 10.0 Å². The standard InChI is InChI=1S/C19H13Cl2N3OS/c1-8-5-9(2)24-19-14(8)16-17(26-19)15(11(7-22)18(23)25-16)10-3-4-12(20)13(21)6-10/h3-6,15H,23H2,1-2H3/t15-/m0/s1. The summed E-state index contributed by atoms with van der Waals surface area (Å²) in [5.74, 6) is 0.413. The van der Waals surface area contributed by atoms with Crippen molar-refractivity contribution >= 4 is 44.8 Å². The number of rotatable bonds is 1. The van der Waals surface area contributed by atoms with Gasteiger partial charge in [-0.2, -0.15) is 5.26 Å². The summed E-state index contributed by atoms with van der Waals surface area (Å²) in [5.41, 5.74) is 9.28. The van der Waals surface area contributed by atoms with Gasteiger partial charge >= 0.3 is 0 Å². The molecule has 0 saturated heterocycles. The van der Waals surface area contributed by atoms with Crippen molar-refractivity contribution < 1.29 is 4.74 Å². The second-order valence-electron chi connectivity index (χ2n) is 6.15. The van der Waals surface area contributed by atoms with E-state index in [1.165, 1.54) is 11.3 Å². The van der Waals surface area contributed by atoms with Crippen LogP contribution < -0.4 is 10.5 Å². The van der Waals surface area contributed by atoms with Crippen LogP contribution in [0.5, 0.6) is 5.75 Å². The average Bonchev–Trinajstić information content (AvgIpc) is 2.94. The van der Waals surface area contributed by atoms with Gasteiger partial charge in [-0.3, -0.25) is 0 Å². The Morgan fingerprint density at radius 2 is 2.00 bits per heavy atom. The second-order valence-corrected chi connectivity index (χ2v) is 8.00. The number of nitrogens with zero attached hydrogens (tertiary/aromatic N) is 2. The zero-order valence-electron chi connectivity index (χ0n) is 13.9. The average molecular weight is 402 g/mol.